The standard InChI is InChI=1S/C20H23F3N4O2/c1-25-9-3-4-16(18(25)28)19(29)27-10-6-14(7-11-27)13-26(2)17-12-15(5-8-24-17)20(21,22)23/h3-5,8-9,12,14H,6-7,10-11,13H2,1-2H3. The molecule has 1 saturated heterocycles. The summed E-state index contributed by atoms with van der Waals surface area (Å²) in [4.78, 5) is 32.2. The number of anilines is 1. The molecule has 0 N–H and O–H groups in total. The van der Waals surface area contributed by atoms with Gasteiger partial charge in [-0.15, -0.1) is 0 Å². The molecule has 2 aromatic rings. The molecular weight excluding hydrogens is 385 g/mol. The third-order valence-electron chi connectivity index (χ3n) is 5.25. The van der Waals surface area contributed by atoms with E-state index in [1.54, 1.807) is 36.2 Å². The zero-order chi connectivity index (χ0) is 21.2. The summed E-state index contributed by atoms with van der Waals surface area (Å²) < 4.78 is 40.1. The summed E-state index contributed by atoms with van der Waals surface area (Å²) in [6, 6.07) is 5.20. The van der Waals surface area contributed by atoms with E-state index >= 15 is 0 Å². The Morgan fingerprint density at radius 3 is 2.62 bits per heavy atom. The van der Waals surface area contributed by atoms with Crippen LogP contribution in [0.4, 0.5) is 19.0 Å². The lowest BCUT2D eigenvalue weighted by molar-refractivity contribution is -0.137. The van der Waals surface area contributed by atoms with Crippen LogP contribution >= 0.6 is 0 Å². The van der Waals surface area contributed by atoms with Crippen LogP contribution in [0.3, 0.4) is 0 Å². The van der Waals surface area contributed by atoms with Crippen molar-refractivity contribution in [3.63, 3.8) is 0 Å². The fraction of sp³-hybridized carbons (Fsp3) is 0.450. The zero-order valence-electron chi connectivity index (χ0n) is 16.3. The van der Waals surface area contributed by atoms with Crippen molar-refractivity contribution in [2.75, 3.05) is 31.6 Å². The molecule has 3 heterocycles. The topological polar surface area (TPSA) is 58.4 Å². The lowest BCUT2D eigenvalue weighted by Gasteiger charge is -2.34. The molecule has 1 aliphatic rings. The number of carbonyl (C=O) groups excluding carboxylic acids is 1. The van der Waals surface area contributed by atoms with Crippen molar-refractivity contribution >= 4 is 11.7 Å². The number of hydrogen-bond donors (Lipinski definition) is 0. The molecule has 6 nitrogen and oxygen atoms in total. The molecule has 0 atom stereocenters. The van der Waals surface area contributed by atoms with E-state index in [4.69, 9.17) is 0 Å². The first-order chi connectivity index (χ1) is 13.7. The molecular formula is C20H23F3N4O2. The van der Waals surface area contributed by atoms with Crippen molar-refractivity contribution in [1.29, 1.82) is 0 Å². The summed E-state index contributed by atoms with van der Waals surface area (Å²) in [6.07, 6.45) is -0.220. The molecule has 1 amide bonds. The van der Waals surface area contributed by atoms with Crippen LogP contribution in [0, 0.1) is 5.92 Å². The highest BCUT2D eigenvalue weighted by Crippen LogP contribution is 2.31. The van der Waals surface area contributed by atoms with Gasteiger partial charge >= 0.3 is 6.18 Å². The molecule has 156 valence electrons. The van der Waals surface area contributed by atoms with Crippen LogP contribution in [0.1, 0.15) is 28.8 Å². The van der Waals surface area contributed by atoms with Gasteiger partial charge in [0, 0.05) is 46.1 Å². The first-order valence-corrected chi connectivity index (χ1v) is 9.36. The Hall–Kier alpha value is -2.84. The normalized spacial score (nSPS) is 15.4. The number of alkyl halides is 3. The molecule has 3 rings (SSSR count). The van der Waals surface area contributed by atoms with Crippen LogP contribution in [-0.2, 0) is 13.2 Å². The Kier molecular flexibility index (Phi) is 5.95. The Morgan fingerprint density at radius 2 is 1.97 bits per heavy atom. The lowest BCUT2D eigenvalue weighted by atomic mass is 9.95. The second-order valence-corrected chi connectivity index (χ2v) is 7.35. The van der Waals surface area contributed by atoms with Gasteiger partial charge in [0.05, 0.1) is 5.56 Å². The number of aryl methyl sites for hydroxylation is 1. The van der Waals surface area contributed by atoms with E-state index in [1.165, 1.54) is 10.6 Å². The number of likely N-dealkylation sites (tertiary alicyclic amines) is 1. The number of pyridine rings is 2. The molecule has 0 spiro atoms. The van der Waals surface area contributed by atoms with Gasteiger partial charge in [-0.1, -0.05) is 0 Å². The number of aromatic nitrogens is 2. The first-order valence-electron chi connectivity index (χ1n) is 9.36. The minimum Gasteiger partial charge on any atom is -0.359 e. The van der Waals surface area contributed by atoms with Crippen molar-refractivity contribution < 1.29 is 18.0 Å². The second-order valence-electron chi connectivity index (χ2n) is 7.35. The lowest BCUT2D eigenvalue weighted by Crippen LogP contribution is -2.43. The maximum Gasteiger partial charge on any atom is 0.416 e. The summed E-state index contributed by atoms with van der Waals surface area (Å²) in [7, 11) is 3.32. The smallest absolute Gasteiger partial charge is 0.359 e. The average Bonchev–Trinajstić information content (AvgIpc) is 2.69. The van der Waals surface area contributed by atoms with Crippen LogP contribution in [0.25, 0.3) is 0 Å². The van der Waals surface area contributed by atoms with Gasteiger partial charge in [0.15, 0.2) is 0 Å². The summed E-state index contributed by atoms with van der Waals surface area (Å²) in [5.41, 5.74) is -0.895. The Labute approximate surface area is 166 Å². The van der Waals surface area contributed by atoms with E-state index in [1.807, 2.05) is 0 Å². The van der Waals surface area contributed by atoms with Gasteiger partial charge in [-0.25, -0.2) is 4.98 Å². The second kappa shape index (κ2) is 8.26. The van der Waals surface area contributed by atoms with E-state index in [-0.39, 0.29) is 28.8 Å². The number of hydrogen-bond acceptors (Lipinski definition) is 4. The third-order valence-corrected chi connectivity index (χ3v) is 5.25. The number of piperidine rings is 1. The van der Waals surface area contributed by atoms with Gasteiger partial charge in [-0.2, -0.15) is 13.2 Å². The fourth-order valence-electron chi connectivity index (χ4n) is 3.53. The molecule has 29 heavy (non-hydrogen) atoms. The van der Waals surface area contributed by atoms with Crippen molar-refractivity contribution in [2.45, 2.75) is 19.0 Å². The number of carbonyl (C=O) groups is 1. The van der Waals surface area contributed by atoms with Crippen molar-refractivity contribution in [3.05, 3.63) is 58.1 Å². The predicted molar refractivity (Wildman–Crippen MR) is 103 cm³/mol. The molecule has 1 fully saturated rings. The van der Waals surface area contributed by atoms with E-state index in [0.29, 0.717) is 32.5 Å². The number of nitrogens with zero attached hydrogens (tertiary/aromatic N) is 4. The van der Waals surface area contributed by atoms with Crippen molar-refractivity contribution in [1.82, 2.24) is 14.5 Å². The minimum atomic E-state index is -4.40. The Balaban J connectivity index is 1.59. The molecule has 1 aliphatic heterocycles. The van der Waals surface area contributed by atoms with Gasteiger partial charge in [0.1, 0.15) is 11.4 Å². The van der Waals surface area contributed by atoms with Crippen LogP contribution in [0.15, 0.2) is 41.5 Å². The van der Waals surface area contributed by atoms with Gasteiger partial charge < -0.3 is 14.4 Å². The van der Waals surface area contributed by atoms with Crippen molar-refractivity contribution in [2.24, 2.45) is 13.0 Å². The molecule has 0 radical (unpaired) electrons. The van der Waals surface area contributed by atoms with E-state index in [0.717, 1.165) is 18.3 Å². The summed E-state index contributed by atoms with van der Waals surface area (Å²) in [5.74, 6) is 0.211. The summed E-state index contributed by atoms with van der Waals surface area (Å²) >= 11 is 0. The maximum absolute atomic E-state index is 12.9. The molecule has 0 unspecified atom stereocenters. The molecule has 0 aliphatic carbocycles. The predicted octanol–water partition coefficient (Wildman–Crippen LogP) is 2.79. The largest absolute Gasteiger partial charge is 0.416 e. The fourth-order valence-corrected chi connectivity index (χ4v) is 3.53. The molecule has 2 aromatic heterocycles. The van der Waals surface area contributed by atoms with E-state index in [9.17, 15) is 22.8 Å². The molecule has 0 saturated carbocycles. The highest BCUT2D eigenvalue weighted by Gasteiger charge is 2.31. The minimum absolute atomic E-state index is 0.152. The quantitative estimate of drug-likeness (QED) is 0.781. The molecule has 0 aromatic carbocycles. The SMILES string of the molecule is CN(CC1CCN(C(=O)c2cccn(C)c2=O)CC1)c1cc(C(F)(F)F)ccn1. The zero-order valence-corrected chi connectivity index (χ0v) is 16.3. The highest BCUT2D eigenvalue weighted by atomic mass is 19.4. The highest BCUT2D eigenvalue weighted by molar-refractivity contribution is 5.93. The summed E-state index contributed by atoms with van der Waals surface area (Å²) in [5, 5.41) is 0. The van der Waals surface area contributed by atoms with Crippen LogP contribution in [0.2, 0.25) is 0 Å². The van der Waals surface area contributed by atoms with E-state index < -0.39 is 11.7 Å². The Morgan fingerprint density at radius 1 is 1.28 bits per heavy atom. The van der Waals surface area contributed by atoms with Gasteiger partial charge in [-0.3, -0.25) is 9.59 Å². The number of halogens is 3. The number of amides is 1. The molecule has 0 bridgehead atoms. The van der Waals surface area contributed by atoms with Gasteiger partial charge in [-0.05, 0) is 43.0 Å². The van der Waals surface area contributed by atoms with Crippen LogP contribution in [-0.4, -0.2) is 47.0 Å². The maximum atomic E-state index is 12.9. The number of rotatable bonds is 4. The van der Waals surface area contributed by atoms with Crippen LogP contribution in [0.5, 0.6) is 0 Å². The monoisotopic (exact) mass is 408 g/mol. The third kappa shape index (κ3) is 4.78. The van der Waals surface area contributed by atoms with Crippen LogP contribution < -0.4 is 10.5 Å². The van der Waals surface area contributed by atoms with Gasteiger partial charge in [0.2, 0.25) is 0 Å². The summed E-state index contributed by atoms with van der Waals surface area (Å²) in [6.45, 7) is 1.56. The molecule has 9 heteroatoms. The Bertz CT molecular complexity index is 934. The first kappa shape index (κ1) is 20.9. The average molecular weight is 408 g/mol. The van der Waals surface area contributed by atoms with Gasteiger partial charge in [0.25, 0.3) is 11.5 Å². The van der Waals surface area contributed by atoms with E-state index in [2.05, 4.69) is 4.98 Å². The van der Waals surface area contributed by atoms with Crippen molar-refractivity contribution in [3.8, 4) is 0 Å².